The second kappa shape index (κ2) is 6.21. The van der Waals surface area contributed by atoms with Gasteiger partial charge in [0.15, 0.2) is 0 Å². The summed E-state index contributed by atoms with van der Waals surface area (Å²) in [5, 5.41) is 3.02. The van der Waals surface area contributed by atoms with Crippen LogP contribution in [0.3, 0.4) is 0 Å². The molecule has 1 aromatic heterocycles. The summed E-state index contributed by atoms with van der Waals surface area (Å²) in [5.41, 5.74) is 1.30. The van der Waals surface area contributed by atoms with Crippen molar-refractivity contribution in [2.24, 2.45) is 0 Å². The van der Waals surface area contributed by atoms with Crippen LogP contribution in [-0.4, -0.2) is 20.4 Å². The fourth-order valence-corrected chi connectivity index (χ4v) is 3.46. The highest BCUT2D eigenvalue weighted by Crippen LogP contribution is 2.27. The Morgan fingerprint density at radius 1 is 1.33 bits per heavy atom. The zero-order chi connectivity index (χ0) is 15.6. The molecule has 21 heavy (non-hydrogen) atoms. The summed E-state index contributed by atoms with van der Waals surface area (Å²) >= 11 is 9.33. The van der Waals surface area contributed by atoms with Crippen LogP contribution >= 0.6 is 27.5 Å². The number of nitrogens with one attached hydrogen (secondary N) is 2. The summed E-state index contributed by atoms with van der Waals surface area (Å²) in [7, 11) is -2.09. The molecular formula is C13H13BrClN3O2S. The molecule has 0 saturated heterocycles. The average molecular weight is 391 g/mol. The van der Waals surface area contributed by atoms with Crippen molar-refractivity contribution in [3.63, 3.8) is 0 Å². The van der Waals surface area contributed by atoms with Crippen molar-refractivity contribution in [2.75, 3.05) is 17.1 Å². The summed E-state index contributed by atoms with van der Waals surface area (Å²) in [6.45, 7) is 1.82. The minimum atomic E-state index is -3.75. The van der Waals surface area contributed by atoms with Gasteiger partial charge in [-0.15, -0.1) is 0 Å². The van der Waals surface area contributed by atoms with Crippen LogP contribution in [0.5, 0.6) is 0 Å². The number of halogens is 2. The lowest BCUT2D eigenvalue weighted by molar-refractivity contribution is 0.601. The predicted molar refractivity (Wildman–Crippen MR) is 88.5 cm³/mol. The van der Waals surface area contributed by atoms with Crippen LogP contribution in [0.2, 0.25) is 5.02 Å². The fraction of sp³-hybridized carbons (Fsp3) is 0.154. The largest absolute Gasteiger partial charge is 0.372 e. The van der Waals surface area contributed by atoms with Crippen molar-refractivity contribution in [3.8, 4) is 0 Å². The summed E-state index contributed by atoms with van der Waals surface area (Å²) in [4.78, 5) is 3.98. The molecule has 0 bridgehead atoms. The first-order chi connectivity index (χ1) is 9.85. The van der Waals surface area contributed by atoms with E-state index in [9.17, 15) is 8.42 Å². The minimum Gasteiger partial charge on any atom is -0.372 e. The van der Waals surface area contributed by atoms with E-state index in [0.717, 1.165) is 10.0 Å². The molecule has 0 unspecified atom stereocenters. The molecule has 2 N–H and O–H groups in total. The van der Waals surface area contributed by atoms with E-state index in [0.29, 0.717) is 11.5 Å². The molecule has 0 fully saturated rings. The van der Waals surface area contributed by atoms with Crippen molar-refractivity contribution in [1.29, 1.82) is 0 Å². The van der Waals surface area contributed by atoms with E-state index in [2.05, 4.69) is 31.0 Å². The van der Waals surface area contributed by atoms with Crippen molar-refractivity contribution < 1.29 is 8.42 Å². The van der Waals surface area contributed by atoms with Gasteiger partial charge in [-0.2, -0.15) is 0 Å². The van der Waals surface area contributed by atoms with E-state index in [4.69, 9.17) is 11.6 Å². The van der Waals surface area contributed by atoms with Gasteiger partial charge in [0.1, 0.15) is 10.7 Å². The van der Waals surface area contributed by atoms with E-state index >= 15 is 0 Å². The molecule has 0 aliphatic carbocycles. The number of benzene rings is 1. The fourth-order valence-electron chi connectivity index (χ4n) is 1.67. The molecule has 0 radical (unpaired) electrons. The van der Waals surface area contributed by atoms with Crippen LogP contribution in [0.4, 0.5) is 11.5 Å². The Bertz CT molecular complexity index is 781. The monoisotopic (exact) mass is 389 g/mol. The summed E-state index contributed by atoms with van der Waals surface area (Å²) in [5.74, 6) is 0.425. The number of nitrogens with zero attached hydrogens (tertiary/aromatic N) is 1. The van der Waals surface area contributed by atoms with Gasteiger partial charge in [0.25, 0.3) is 10.0 Å². The zero-order valence-corrected chi connectivity index (χ0v) is 14.5. The van der Waals surface area contributed by atoms with Crippen LogP contribution in [0, 0.1) is 6.92 Å². The number of aromatic nitrogens is 1. The number of sulfonamides is 1. The van der Waals surface area contributed by atoms with Gasteiger partial charge in [-0.25, -0.2) is 13.4 Å². The van der Waals surface area contributed by atoms with Gasteiger partial charge in [0, 0.05) is 17.7 Å². The second-order valence-corrected chi connectivity index (χ2v) is 7.21. The summed E-state index contributed by atoms with van der Waals surface area (Å²) < 4.78 is 28.1. The molecule has 2 rings (SSSR count). The van der Waals surface area contributed by atoms with Crippen LogP contribution in [0.1, 0.15) is 5.56 Å². The Morgan fingerprint density at radius 2 is 2.05 bits per heavy atom. The molecule has 1 heterocycles. The Labute approximate surface area is 136 Å². The predicted octanol–water partition coefficient (Wildman–Crippen LogP) is 3.65. The molecule has 0 amide bonds. The van der Waals surface area contributed by atoms with Gasteiger partial charge in [0.2, 0.25) is 0 Å². The lowest BCUT2D eigenvalue weighted by Gasteiger charge is -2.12. The number of hydrogen-bond acceptors (Lipinski definition) is 4. The maximum Gasteiger partial charge on any atom is 0.263 e. The van der Waals surface area contributed by atoms with Crippen LogP contribution in [0.25, 0.3) is 0 Å². The lowest BCUT2D eigenvalue weighted by Crippen LogP contribution is -2.14. The van der Waals surface area contributed by atoms with E-state index in [1.54, 1.807) is 19.2 Å². The standard InChI is InChI=1S/C13H13BrClN3O2S/c1-8-10(14)4-3-5-12(8)18-21(19,20)9-6-11(15)13(16-2)17-7-9/h3-7,18H,1-2H3,(H,16,17). The maximum atomic E-state index is 12.4. The van der Waals surface area contributed by atoms with Gasteiger partial charge in [-0.3, -0.25) is 4.72 Å². The SMILES string of the molecule is CNc1ncc(S(=O)(=O)Nc2cccc(Br)c2C)cc1Cl. The molecule has 0 spiro atoms. The summed E-state index contributed by atoms with van der Waals surface area (Å²) in [6, 6.07) is 6.64. The molecule has 5 nitrogen and oxygen atoms in total. The van der Waals surface area contributed by atoms with Crippen LogP contribution in [-0.2, 0) is 10.0 Å². The van der Waals surface area contributed by atoms with Crippen molar-refractivity contribution in [2.45, 2.75) is 11.8 Å². The van der Waals surface area contributed by atoms with Crippen LogP contribution in [0.15, 0.2) is 39.8 Å². The van der Waals surface area contributed by atoms with Gasteiger partial charge in [-0.05, 0) is 30.7 Å². The van der Waals surface area contributed by atoms with Crippen LogP contribution < -0.4 is 10.0 Å². The molecule has 8 heteroatoms. The van der Waals surface area contributed by atoms with Gasteiger partial charge >= 0.3 is 0 Å². The third-order valence-corrected chi connectivity index (χ3v) is 5.35. The van der Waals surface area contributed by atoms with E-state index in [1.807, 2.05) is 13.0 Å². The molecule has 2 aromatic rings. The molecule has 0 atom stereocenters. The molecular weight excluding hydrogens is 378 g/mol. The Balaban J connectivity index is 2.39. The van der Waals surface area contributed by atoms with Gasteiger partial charge < -0.3 is 5.32 Å². The van der Waals surface area contributed by atoms with E-state index in [-0.39, 0.29) is 9.92 Å². The first-order valence-corrected chi connectivity index (χ1v) is 8.62. The highest BCUT2D eigenvalue weighted by molar-refractivity contribution is 9.10. The van der Waals surface area contributed by atoms with Gasteiger partial charge in [-0.1, -0.05) is 33.6 Å². The molecule has 0 saturated carbocycles. The Morgan fingerprint density at radius 3 is 2.67 bits per heavy atom. The van der Waals surface area contributed by atoms with Crippen molar-refractivity contribution in [3.05, 3.63) is 45.5 Å². The highest BCUT2D eigenvalue weighted by atomic mass is 79.9. The third kappa shape index (κ3) is 3.48. The number of pyridine rings is 1. The highest BCUT2D eigenvalue weighted by Gasteiger charge is 2.18. The average Bonchev–Trinajstić information content (AvgIpc) is 2.43. The second-order valence-electron chi connectivity index (χ2n) is 4.27. The summed E-state index contributed by atoms with van der Waals surface area (Å²) in [6.07, 6.45) is 1.26. The van der Waals surface area contributed by atoms with E-state index < -0.39 is 10.0 Å². The van der Waals surface area contributed by atoms with Gasteiger partial charge in [0.05, 0.1) is 10.7 Å². The van der Waals surface area contributed by atoms with Crippen molar-refractivity contribution >= 4 is 49.1 Å². The zero-order valence-electron chi connectivity index (χ0n) is 11.3. The third-order valence-electron chi connectivity index (χ3n) is 2.88. The first kappa shape index (κ1) is 16.1. The normalized spacial score (nSPS) is 11.2. The first-order valence-electron chi connectivity index (χ1n) is 5.96. The lowest BCUT2D eigenvalue weighted by atomic mass is 10.2. The number of anilines is 2. The molecule has 0 aliphatic rings. The quantitative estimate of drug-likeness (QED) is 0.836. The molecule has 0 aliphatic heterocycles. The minimum absolute atomic E-state index is 0.00544. The molecule has 112 valence electrons. The smallest absolute Gasteiger partial charge is 0.263 e. The topological polar surface area (TPSA) is 71.1 Å². The van der Waals surface area contributed by atoms with E-state index in [1.165, 1.54) is 12.3 Å². The number of rotatable bonds is 4. The van der Waals surface area contributed by atoms with Crippen molar-refractivity contribution in [1.82, 2.24) is 4.98 Å². The Hall–Kier alpha value is -1.31. The Kier molecular flexibility index (Phi) is 4.75. The number of hydrogen-bond donors (Lipinski definition) is 2. The molecule has 1 aromatic carbocycles. The maximum absolute atomic E-state index is 12.4.